The molecule has 1 saturated carbocycles. The van der Waals surface area contributed by atoms with Gasteiger partial charge in [0.25, 0.3) is 0 Å². The Kier molecular flexibility index (Phi) is 3.00. The lowest BCUT2D eigenvalue weighted by Gasteiger charge is -2.16. The van der Waals surface area contributed by atoms with Crippen molar-refractivity contribution >= 4 is 27.2 Å². The van der Waals surface area contributed by atoms with Crippen LogP contribution in [0.2, 0.25) is 0 Å². The molecule has 15 heavy (non-hydrogen) atoms. The first-order chi connectivity index (χ1) is 6.99. The summed E-state index contributed by atoms with van der Waals surface area (Å²) in [6.07, 6.45) is 3.59. The monoisotopic (exact) mass is 248 g/mol. The lowest BCUT2D eigenvalue weighted by atomic mass is 10.0. The molecule has 0 radical (unpaired) electrons. The largest absolute Gasteiger partial charge is 0.392 e. The summed E-state index contributed by atoms with van der Waals surface area (Å²) in [5, 5.41) is 0. The zero-order chi connectivity index (χ0) is 11.1. The smallest absolute Gasteiger partial charge is 0.220 e. The molecule has 4 nitrogen and oxygen atoms in total. The molecule has 0 aromatic rings. The van der Waals surface area contributed by atoms with E-state index in [2.05, 4.69) is 12.2 Å². The van der Waals surface area contributed by atoms with E-state index in [0.717, 1.165) is 0 Å². The van der Waals surface area contributed by atoms with E-state index in [-0.39, 0.29) is 10.7 Å². The Hall–Kier alpha value is -0.200. The predicted molar refractivity (Wildman–Crippen MR) is 63.0 cm³/mol. The van der Waals surface area contributed by atoms with Crippen LogP contribution >= 0.6 is 12.2 Å². The minimum Gasteiger partial charge on any atom is -0.392 e. The van der Waals surface area contributed by atoms with Crippen molar-refractivity contribution in [2.45, 2.75) is 19.3 Å². The third kappa shape index (κ3) is 2.32. The molecule has 0 bridgehead atoms. The summed E-state index contributed by atoms with van der Waals surface area (Å²) in [6.45, 7) is 1.35. The van der Waals surface area contributed by atoms with Crippen molar-refractivity contribution in [1.82, 2.24) is 4.31 Å². The Morgan fingerprint density at radius 3 is 2.33 bits per heavy atom. The number of nitrogens with zero attached hydrogens (tertiary/aromatic N) is 1. The van der Waals surface area contributed by atoms with Gasteiger partial charge in [0.05, 0.1) is 4.99 Å². The highest BCUT2D eigenvalue weighted by Gasteiger charge is 2.40. The fraction of sp³-hybridized carbons (Fsp3) is 0.889. The first-order valence-corrected chi connectivity index (χ1v) is 7.27. The van der Waals surface area contributed by atoms with E-state index in [9.17, 15) is 8.42 Å². The standard InChI is InChI=1S/C9H16N2O2S2/c10-9(14)6-15(12,13)11-4-7-2-1-3-8(7)5-11/h7-8H,1-6H2,(H2,10,14). The SMILES string of the molecule is NC(=S)CS(=O)(=O)N1CC2CCCC2C1. The van der Waals surface area contributed by atoms with Gasteiger partial charge in [0.1, 0.15) is 5.75 Å². The van der Waals surface area contributed by atoms with Crippen molar-refractivity contribution in [3.05, 3.63) is 0 Å². The van der Waals surface area contributed by atoms with Gasteiger partial charge in [-0.25, -0.2) is 12.7 Å². The lowest BCUT2D eigenvalue weighted by Crippen LogP contribution is -2.35. The normalized spacial score (nSPS) is 31.7. The molecule has 1 heterocycles. The summed E-state index contributed by atoms with van der Waals surface area (Å²) in [6, 6.07) is 0. The molecule has 0 aromatic carbocycles. The topological polar surface area (TPSA) is 63.4 Å². The zero-order valence-electron chi connectivity index (χ0n) is 8.55. The van der Waals surface area contributed by atoms with Crippen molar-refractivity contribution in [3.63, 3.8) is 0 Å². The molecular formula is C9H16N2O2S2. The summed E-state index contributed by atoms with van der Waals surface area (Å²) in [7, 11) is -3.23. The maximum atomic E-state index is 11.8. The van der Waals surface area contributed by atoms with Crippen LogP contribution in [0.1, 0.15) is 19.3 Å². The Bertz CT molecular complexity index is 354. The van der Waals surface area contributed by atoms with Crippen molar-refractivity contribution in [1.29, 1.82) is 0 Å². The molecular weight excluding hydrogens is 232 g/mol. The summed E-state index contributed by atoms with van der Waals surface area (Å²) < 4.78 is 25.2. The molecule has 1 saturated heterocycles. The van der Waals surface area contributed by atoms with Gasteiger partial charge >= 0.3 is 0 Å². The maximum Gasteiger partial charge on any atom is 0.220 e. The molecule has 0 aromatic heterocycles. The van der Waals surface area contributed by atoms with Crippen LogP contribution in [0.5, 0.6) is 0 Å². The summed E-state index contributed by atoms with van der Waals surface area (Å²) in [5.74, 6) is 0.971. The number of fused-ring (bicyclic) bond motifs is 1. The highest BCUT2D eigenvalue weighted by atomic mass is 32.2. The third-order valence-corrected chi connectivity index (χ3v) is 5.50. The highest BCUT2D eigenvalue weighted by Crippen LogP contribution is 2.38. The van der Waals surface area contributed by atoms with Crippen LogP contribution in [0.15, 0.2) is 0 Å². The van der Waals surface area contributed by atoms with Crippen LogP contribution in [0.4, 0.5) is 0 Å². The highest BCUT2D eigenvalue weighted by molar-refractivity contribution is 7.92. The first-order valence-electron chi connectivity index (χ1n) is 5.25. The average molecular weight is 248 g/mol. The van der Waals surface area contributed by atoms with E-state index < -0.39 is 10.0 Å². The van der Waals surface area contributed by atoms with Gasteiger partial charge < -0.3 is 5.73 Å². The van der Waals surface area contributed by atoms with Gasteiger partial charge in [-0.3, -0.25) is 0 Å². The second-order valence-corrected chi connectivity index (χ2v) is 6.98. The molecule has 2 unspecified atom stereocenters. The molecule has 0 spiro atoms. The molecule has 1 aliphatic heterocycles. The summed E-state index contributed by atoms with van der Waals surface area (Å²) in [4.78, 5) is 0.0621. The van der Waals surface area contributed by atoms with Gasteiger partial charge in [0.2, 0.25) is 10.0 Å². The van der Waals surface area contributed by atoms with Gasteiger partial charge in [0.15, 0.2) is 0 Å². The maximum absolute atomic E-state index is 11.8. The Morgan fingerprint density at radius 1 is 1.33 bits per heavy atom. The van der Waals surface area contributed by atoms with Gasteiger partial charge in [-0.05, 0) is 24.7 Å². The molecule has 2 rings (SSSR count). The minimum absolute atomic E-state index is 0.0621. The fourth-order valence-electron chi connectivity index (χ4n) is 2.69. The minimum atomic E-state index is -3.23. The van der Waals surface area contributed by atoms with Gasteiger partial charge in [-0.15, -0.1) is 0 Å². The Balaban J connectivity index is 2.04. The van der Waals surface area contributed by atoms with E-state index in [4.69, 9.17) is 5.73 Å². The van der Waals surface area contributed by atoms with E-state index >= 15 is 0 Å². The van der Waals surface area contributed by atoms with E-state index in [1.165, 1.54) is 19.3 Å². The predicted octanol–water partition coefficient (Wildman–Crippen LogP) is 0.334. The number of sulfonamides is 1. The van der Waals surface area contributed by atoms with Gasteiger partial charge in [0, 0.05) is 13.1 Å². The second-order valence-electron chi connectivity index (χ2n) is 4.49. The molecule has 6 heteroatoms. The molecule has 1 aliphatic carbocycles. The molecule has 0 amide bonds. The van der Waals surface area contributed by atoms with Crippen molar-refractivity contribution in [3.8, 4) is 0 Å². The molecule has 2 fully saturated rings. The van der Waals surface area contributed by atoms with Gasteiger partial charge in [-0.1, -0.05) is 18.6 Å². The van der Waals surface area contributed by atoms with Crippen LogP contribution in [0.25, 0.3) is 0 Å². The molecule has 2 atom stereocenters. The van der Waals surface area contributed by atoms with Crippen LogP contribution in [-0.4, -0.2) is 36.6 Å². The van der Waals surface area contributed by atoms with Crippen LogP contribution < -0.4 is 5.73 Å². The molecule has 2 aliphatic rings. The van der Waals surface area contributed by atoms with Crippen LogP contribution in [0, 0.1) is 11.8 Å². The number of hydrogen-bond donors (Lipinski definition) is 1. The summed E-state index contributed by atoms with van der Waals surface area (Å²) in [5.41, 5.74) is 5.29. The third-order valence-electron chi connectivity index (χ3n) is 3.41. The van der Waals surface area contributed by atoms with Crippen LogP contribution in [0.3, 0.4) is 0 Å². The Labute approximate surface area is 95.9 Å². The van der Waals surface area contributed by atoms with Crippen LogP contribution in [-0.2, 0) is 10.0 Å². The zero-order valence-corrected chi connectivity index (χ0v) is 10.2. The van der Waals surface area contributed by atoms with Gasteiger partial charge in [-0.2, -0.15) is 0 Å². The fourth-order valence-corrected chi connectivity index (χ4v) is 4.52. The van der Waals surface area contributed by atoms with E-state index in [1.54, 1.807) is 4.31 Å². The number of hydrogen-bond acceptors (Lipinski definition) is 3. The van der Waals surface area contributed by atoms with Crippen molar-refractivity contribution < 1.29 is 8.42 Å². The van der Waals surface area contributed by atoms with Crippen molar-refractivity contribution in [2.24, 2.45) is 17.6 Å². The number of nitrogens with two attached hydrogens (primary N) is 1. The Morgan fingerprint density at radius 2 is 1.87 bits per heavy atom. The summed E-state index contributed by atoms with van der Waals surface area (Å²) >= 11 is 4.65. The molecule has 2 N–H and O–H groups in total. The molecule has 86 valence electrons. The second kappa shape index (κ2) is 3.99. The number of rotatable bonds is 3. The lowest BCUT2D eigenvalue weighted by molar-refractivity contribution is 0.448. The number of thiocarbonyl (C=S) groups is 1. The quantitative estimate of drug-likeness (QED) is 0.731. The average Bonchev–Trinajstić information content (AvgIpc) is 2.56. The van der Waals surface area contributed by atoms with Crippen molar-refractivity contribution in [2.75, 3.05) is 18.8 Å². The van der Waals surface area contributed by atoms with E-state index in [1.807, 2.05) is 0 Å². The van der Waals surface area contributed by atoms with E-state index in [0.29, 0.717) is 24.9 Å². The first kappa shape index (κ1) is 11.3.